The molecule has 0 fully saturated rings. The normalized spacial score (nSPS) is 10.0. The van der Waals surface area contributed by atoms with Gasteiger partial charge in [0.1, 0.15) is 0 Å². The first-order valence-corrected chi connectivity index (χ1v) is 2.81. The van der Waals surface area contributed by atoms with Crippen LogP contribution in [0.3, 0.4) is 0 Å². The second-order valence-electron chi connectivity index (χ2n) is 2.29. The zero-order valence-corrected chi connectivity index (χ0v) is 5.28. The minimum Gasteiger partial charge on any atom is -0.261 e. The number of halogens is 1. The van der Waals surface area contributed by atoms with Crippen molar-refractivity contribution in [2.24, 2.45) is 5.92 Å². The van der Waals surface area contributed by atoms with Gasteiger partial charge in [0.2, 0.25) is 0 Å². The summed E-state index contributed by atoms with van der Waals surface area (Å²) in [4.78, 5) is 9.68. The van der Waals surface area contributed by atoms with Gasteiger partial charge in [0, 0.05) is 6.42 Å². The summed E-state index contributed by atoms with van der Waals surface area (Å²) in [5.41, 5.74) is 0. The van der Waals surface area contributed by atoms with E-state index in [2.05, 4.69) is 0 Å². The molecule has 0 aromatic carbocycles. The maximum absolute atomic E-state index is 11.4. The van der Waals surface area contributed by atoms with Crippen molar-refractivity contribution in [2.75, 3.05) is 0 Å². The van der Waals surface area contributed by atoms with Crippen LogP contribution in [0.15, 0.2) is 0 Å². The van der Waals surface area contributed by atoms with Crippen LogP contribution in [-0.4, -0.2) is 6.04 Å². The van der Waals surface area contributed by atoms with Crippen LogP contribution in [-0.2, 0) is 4.79 Å². The van der Waals surface area contributed by atoms with Gasteiger partial charge in [-0.2, -0.15) is 4.39 Å². The van der Waals surface area contributed by atoms with Crippen molar-refractivity contribution in [1.29, 1.82) is 0 Å². The first-order chi connectivity index (χ1) is 3.63. The minimum atomic E-state index is -1.20. The number of rotatable bonds is 3. The Morgan fingerprint density at radius 2 is 2.12 bits per heavy atom. The summed E-state index contributed by atoms with van der Waals surface area (Å²) in [6, 6.07) is -1.20. The third-order valence-electron chi connectivity index (χ3n) is 0.918. The van der Waals surface area contributed by atoms with E-state index in [9.17, 15) is 9.18 Å². The average molecular weight is 118 g/mol. The zero-order chi connectivity index (χ0) is 6.57. The third-order valence-corrected chi connectivity index (χ3v) is 0.918. The van der Waals surface area contributed by atoms with Crippen LogP contribution < -0.4 is 0 Å². The first-order valence-electron chi connectivity index (χ1n) is 2.81. The summed E-state index contributed by atoms with van der Waals surface area (Å²) in [6.45, 7) is 3.92. The summed E-state index contributed by atoms with van der Waals surface area (Å²) in [5, 5.41) is 0. The first kappa shape index (κ1) is 7.60. The largest absolute Gasteiger partial charge is 0.301 e. The van der Waals surface area contributed by atoms with Crippen LogP contribution in [0.2, 0.25) is 0 Å². The lowest BCUT2D eigenvalue weighted by molar-refractivity contribution is -0.129. The molecule has 0 aliphatic carbocycles. The van der Waals surface area contributed by atoms with Gasteiger partial charge in [-0.15, -0.1) is 0 Å². The molecule has 0 amide bonds. The van der Waals surface area contributed by atoms with Crippen molar-refractivity contribution in [3.8, 4) is 0 Å². The summed E-state index contributed by atoms with van der Waals surface area (Å²) in [6.07, 6.45) is 0.743. The van der Waals surface area contributed by atoms with Crippen molar-refractivity contribution < 1.29 is 9.18 Å². The topological polar surface area (TPSA) is 17.1 Å². The maximum Gasteiger partial charge on any atom is 0.301 e. The molecule has 0 bridgehead atoms. The highest BCUT2D eigenvalue weighted by atomic mass is 19.1. The molecular formula is C6H11FO. The fourth-order valence-corrected chi connectivity index (χ4v) is 0.402. The van der Waals surface area contributed by atoms with Crippen molar-refractivity contribution in [2.45, 2.75) is 26.7 Å². The summed E-state index contributed by atoms with van der Waals surface area (Å²) in [5.74, 6) is 0.426. The van der Waals surface area contributed by atoms with Gasteiger partial charge in [0.25, 0.3) is 0 Å². The Hall–Kier alpha value is -0.400. The molecule has 2 heteroatoms. The number of hydrogen-bond acceptors (Lipinski definition) is 1. The summed E-state index contributed by atoms with van der Waals surface area (Å²) >= 11 is 0. The number of carbonyl (C=O) groups is 1. The number of hydrogen-bond donors (Lipinski definition) is 0. The zero-order valence-electron chi connectivity index (χ0n) is 5.28. The Bertz CT molecular complexity index is 78.6. The Morgan fingerprint density at radius 1 is 1.62 bits per heavy atom. The molecule has 0 aliphatic heterocycles. The van der Waals surface area contributed by atoms with Gasteiger partial charge in [-0.1, -0.05) is 13.8 Å². The molecular weight excluding hydrogens is 107 g/mol. The van der Waals surface area contributed by atoms with Crippen LogP contribution in [0.5, 0.6) is 0 Å². The van der Waals surface area contributed by atoms with Crippen LogP contribution in [0.1, 0.15) is 26.7 Å². The molecule has 0 saturated carbocycles. The van der Waals surface area contributed by atoms with Crippen LogP contribution in [0.4, 0.5) is 4.39 Å². The predicted octanol–water partition coefficient (Wildman–Crippen LogP) is 1.92. The summed E-state index contributed by atoms with van der Waals surface area (Å²) in [7, 11) is 0. The molecule has 1 nitrogen and oxygen atoms in total. The van der Waals surface area contributed by atoms with E-state index in [-0.39, 0.29) is 6.42 Å². The third kappa shape index (κ3) is 5.60. The quantitative estimate of drug-likeness (QED) is 0.517. The number of carbonyl (C=O) groups excluding carboxylic acids is 1. The van der Waals surface area contributed by atoms with Gasteiger partial charge < -0.3 is 0 Å². The summed E-state index contributed by atoms with van der Waals surface area (Å²) < 4.78 is 11.4. The van der Waals surface area contributed by atoms with Gasteiger partial charge >= 0.3 is 6.04 Å². The lowest BCUT2D eigenvalue weighted by Gasteiger charge is -1.96. The Morgan fingerprint density at radius 3 is 2.25 bits per heavy atom. The van der Waals surface area contributed by atoms with Gasteiger partial charge in [0.05, 0.1) is 0 Å². The van der Waals surface area contributed by atoms with Crippen molar-refractivity contribution in [3.05, 3.63) is 0 Å². The Labute approximate surface area is 48.9 Å². The van der Waals surface area contributed by atoms with Crippen LogP contribution in [0, 0.1) is 5.92 Å². The Balaban J connectivity index is 3.05. The maximum atomic E-state index is 11.4. The molecule has 0 aliphatic rings. The van der Waals surface area contributed by atoms with E-state index >= 15 is 0 Å². The second-order valence-corrected chi connectivity index (χ2v) is 2.29. The van der Waals surface area contributed by atoms with E-state index in [1.807, 2.05) is 13.8 Å². The van der Waals surface area contributed by atoms with Crippen molar-refractivity contribution in [3.63, 3.8) is 0 Å². The molecule has 0 aromatic heterocycles. The average Bonchev–Trinajstić information content (AvgIpc) is 1.61. The van der Waals surface area contributed by atoms with Crippen LogP contribution >= 0.6 is 0 Å². The molecule has 8 heavy (non-hydrogen) atoms. The predicted molar refractivity (Wildman–Crippen MR) is 30.2 cm³/mol. The molecule has 0 aromatic rings. The van der Waals surface area contributed by atoms with Gasteiger partial charge in [-0.25, -0.2) is 0 Å². The lowest BCUT2D eigenvalue weighted by atomic mass is 10.1. The van der Waals surface area contributed by atoms with Crippen molar-refractivity contribution >= 4 is 6.04 Å². The minimum absolute atomic E-state index is 0.0810. The van der Waals surface area contributed by atoms with E-state index in [0.717, 1.165) is 0 Å². The lowest BCUT2D eigenvalue weighted by Crippen LogP contribution is -1.92. The highest BCUT2D eigenvalue weighted by Gasteiger charge is 1.99. The van der Waals surface area contributed by atoms with E-state index < -0.39 is 6.04 Å². The van der Waals surface area contributed by atoms with E-state index in [1.165, 1.54) is 0 Å². The smallest absolute Gasteiger partial charge is 0.261 e. The standard InChI is InChI=1S/C6H11FO/c1-5(2)3-4-6(7)8/h5H,3-4H2,1-2H3. The van der Waals surface area contributed by atoms with Gasteiger partial charge in [-0.3, -0.25) is 4.79 Å². The molecule has 0 N–H and O–H groups in total. The monoisotopic (exact) mass is 118 g/mol. The molecule has 0 unspecified atom stereocenters. The van der Waals surface area contributed by atoms with Crippen molar-refractivity contribution in [1.82, 2.24) is 0 Å². The molecule has 0 radical (unpaired) electrons. The fraction of sp³-hybridized carbons (Fsp3) is 0.833. The van der Waals surface area contributed by atoms with Gasteiger partial charge in [0.15, 0.2) is 0 Å². The highest BCUT2D eigenvalue weighted by molar-refractivity contribution is 5.67. The fourth-order valence-electron chi connectivity index (χ4n) is 0.402. The highest BCUT2D eigenvalue weighted by Crippen LogP contribution is 2.03. The van der Waals surface area contributed by atoms with E-state index in [0.29, 0.717) is 12.3 Å². The molecule has 0 saturated heterocycles. The molecule has 0 rings (SSSR count). The SMILES string of the molecule is CC(C)CCC(=O)F. The molecule has 0 heterocycles. The van der Waals surface area contributed by atoms with E-state index in [4.69, 9.17) is 0 Å². The Kier molecular flexibility index (Phi) is 3.40. The second kappa shape index (κ2) is 3.58. The molecule has 0 atom stereocenters. The van der Waals surface area contributed by atoms with Crippen LogP contribution in [0.25, 0.3) is 0 Å². The molecule has 0 spiro atoms. The molecule has 48 valence electrons. The van der Waals surface area contributed by atoms with E-state index in [1.54, 1.807) is 0 Å². The van der Waals surface area contributed by atoms with Gasteiger partial charge in [-0.05, 0) is 12.3 Å².